The molecule has 0 amide bonds. The van der Waals surface area contributed by atoms with Crippen molar-refractivity contribution in [3.8, 4) is 0 Å². The van der Waals surface area contributed by atoms with Crippen molar-refractivity contribution < 1.29 is 22.7 Å². The van der Waals surface area contributed by atoms with Gasteiger partial charge in [0.25, 0.3) is 10.0 Å². The lowest BCUT2D eigenvalue weighted by Crippen LogP contribution is -2.29. The average molecular weight is 297 g/mol. The minimum absolute atomic E-state index is 0.275. The smallest absolute Gasteiger partial charge is 0.337 e. The van der Waals surface area contributed by atoms with Crippen LogP contribution in [0.1, 0.15) is 22.8 Å². The molecule has 2 rings (SSSR count). The number of nitrogens with zero attached hydrogens (tertiary/aromatic N) is 1. The summed E-state index contributed by atoms with van der Waals surface area (Å²) in [6.45, 7) is 2.12. The molecule has 0 fully saturated rings. The number of carbonyl (C=O) groups excluding carboxylic acids is 1. The fourth-order valence-electron chi connectivity index (χ4n) is 1.93. The highest BCUT2D eigenvalue weighted by molar-refractivity contribution is 7.95. The molecule has 6 nitrogen and oxygen atoms in total. The van der Waals surface area contributed by atoms with Gasteiger partial charge in [0.05, 0.1) is 30.4 Å². The highest BCUT2D eigenvalue weighted by Gasteiger charge is 2.28. The number of hydrogen-bond donors (Lipinski definition) is 0. The van der Waals surface area contributed by atoms with Crippen LogP contribution in [0.15, 0.2) is 23.6 Å². The molecule has 108 valence electrons. The molecule has 0 aromatic heterocycles. The standard InChI is InChI=1S/C13H15NO5S/c1-4-19-12-8-20(16,17)14(2)11-7-9(13(15)18-3)5-6-10(11)12/h5-8H,4H2,1-3H3. The first kappa shape index (κ1) is 14.4. The fourth-order valence-corrected chi connectivity index (χ4v) is 2.98. The first-order valence-corrected chi connectivity index (χ1v) is 7.47. The van der Waals surface area contributed by atoms with E-state index in [0.29, 0.717) is 17.9 Å². The molecule has 1 aromatic carbocycles. The predicted molar refractivity (Wildman–Crippen MR) is 74.7 cm³/mol. The summed E-state index contributed by atoms with van der Waals surface area (Å²) >= 11 is 0. The van der Waals surface area contributed by atoms with Gasteiger partial charge in [-0.05, 0) is 25.1 Å². The number of sulfonamides is 1. The Hall–Kier alpha value is -2.02. The van der Waals surface area contributed by atoms with Crippen LogP contribution >= 0.6 is 0 Å². The van der Waals surface area contributed by atoms with E-state index in [1.807, 2.05) is 0 Å². The lowest BCUT2D eigenvalue weighted by Gasteiger charge is -2.26. The van der Waals surface area contributed by atoms with Crippen LogP contribution in [-0.2, 0) is 19.5 Å². The molecule has 0 saturated heterocycles. The molecule has 1 heterocycles. The quantitative estimate of drug-likeness (QED) is 0.792. The maximum atomic E-state index is 12.0. The topological polar surface area (TPSA) is 72.9 Å². The largest absolute Gasteiger partial charge is 0.492 e. The Bertz CT molecular complexity index is 678. The second kappa shape index (κ2) is 5.16. The van der Waals surface area contributed by atoms with E-state index in [4.69, 9.17) is 4.74 Å². The summed E-state index contributed by atoms with van der Waals surface area (Å²) in [4.78, 5) is 11.5. The Morgan fingerprint density at radius 1 is 1.35 bits per heavy atom. The van der Waals surface area contributed by atoms with Gasteiger partial charge >= 0.3 is 5.97 Å². The zero-order chi connectivity index (χ0) is 14.9. The first-order chi connectivity index (χ1) is 9.40. The van der Waals surface area contributed by atoms with Crippen molar-refractivity contribution in [3.05, 3.63) is 34.7 Å². The molecule has 0 bridgehead atoms. The SMILES string of the molecule is CCOC1=CS(=O)(=O)N(C)c2cc(C(=O)OC)ccc21. The number of ether oxygens (including phenoxy) is 2. The van der Waals surface area contributed by atoms with Crippen molar-refractivity contribution in [1.29, 1.82) is 0 Å². The molecular weight excluding hydrogens is 282 g/mol. The highest BCUT2D eigenvalue weighted by atomic mass is 32.2. The van der Waals surface area contributed by atoms with Gasteiger partial charge in [-0.2, -0.15) is 0 Å². The third-order valence-corrected chi connectivity index (χ3v) is 4.43. The van der Waals surface area contributed by atoms with Crippen LogP contribution in [0.25, 0.3) is 5.76 Å². The van der Waals surface area contributed by atoms with Gasteiger partial charge in [-0.15, -0.1) is 0 Å². The van der Waals surface area contributed by atoms with Crippen LogP contribution in [0.2, 0.25) is 0 Å². The zero-order valence-electron chi connectivity index (χ0n) is 11.4. The molecule has 0 unspecified atom stereocenters. The summed E-state index contributed by atoms with van der Waals surface area (Å²) in [7, 11) is -0.905. The Morgan fingerprint density at radius 2 is 2.05 bits per heavy atom. The summed E-state index contributed by atoms with van der Waals surface area (Å²) in [6, 6.07) is 4.70. The van der Waals surface area contributed by atoms with Crippen molar-refractivity contribution in [2.24, 2.45) is 0 Å². The number of rotatable bonds is 3. The van der Waals surface area contributed by atoms with E-state index in [-0.39, 0.29) is 11.3 Å². The molecule has 20 heavy (non-hydrogen) atoms. The Balaban J connectivity index is 2.61. The fraction of sp³-hybridized carbons (Fsp3) is 0.308. The molecule has 7 heteroatoms. The number of methoxy groups -OCH3 is 1. The molecule has 0 atom stereocenters. The third kappa shape index (κ3) is 2.36. The molecule has 0 N–H and O–H groups in total. The molecule has 0 aliphatic carbocycles. The maximum absolute atomic E-state index is 12.0. The van der Waals surface area contributed by atoms with Crippen LogP contribution in [0.5, 0.6) is 0 Å². The van der Waals surface area contributed by atoms with Crippen molar-refractivity contribution in [1.82, 2.24) is 0 Å². The molecule has 0 saturated carbocycles. The van der Waals surface area contributed by atoms with Gasteiger partial charge in [-0.3, -0.25) is 4.31 Å². The number of carbonyl (C=O) groups is 1. The minimum atomic E-state index is -3.60. The summed E-state index contributed by atoms with van der Waals surface area (Å²) in [5.74, 6) is -0.247. The lowest BCUT2D eigenvalue weighted by molar-refractivity contribution is 0.0600. The van der Waals surface area contributed by atoms with Gasteiger partial charge in [0, 0.05) is 12.6 Å². The van der Waals surface area contributed by atoms with Crippen molar-refractivity contribution in [2.45, 2.75) is 6.92 Å². The Kier molecular flexibility index (Phi) is 3.71. The van der Waals surface area contributed by atoms with E-state index < -0.39 is 16.0 Å². The van der Waals surface area contributed by atoms with Crippen molar-refractivity contribution in [3.63, 3.8) is 0 Å². The maximum Gasteiger partial charge on any atom is 0.337 e. The number of benzene rings is 1. The zero-order valence-corrected chi connectivity index (χ0v) is 12.2. The van der Waals surface area contributed by atoms with E-state index in [1.165, 1.54) is 20.2 Å². The van der Waals surface area contributed by atoms with Crippen LogP contribution in [0.4, 0.5) is 5.69 Å². The number of anilines is 1. The van der Waals surface area contributed by atoms with Crippen LogP contribution in [-0.4, -0.2) is 35.2 Å². The van der Waals surface area contributed by atoms with Gasteiger partial charge in [0.15, 0.2) is 0 Å². The van der Waals surface area contributed by atoms with Crippen LogP contribution < -0.4 is 4.31 Å². The number of hydrogen-bond acceptors (Lipinski definition) is 5. The van der Waals surface area contributed by atoms with Crippen molar-refractivity contribution in [2.75, 3.05) is 25.1 Å². The highest BCUT2D eigenvalue weighted by Crippen LogP contribution is 2.35. The monoisotopic (exact) mass is 297 g/mol. The summed E-state index contributed by atoms with van der Waals surface area (Å²) in [5, 5.41) is 1.08. The van der Waals surface area contributed by atoms with E-state index in [0.717, 1.165) is 9.71 Å². The van der Waals surface area contributed by atoms with E-state index in [9.17, 15) is 13.2 Å². The number of fused-ring (bicyclic) bond motifs is 1. The van der Waals surface area contributed by atoms with Gasteiger partial charge < -0.3 is 9.47 Å². The molecule has 0 spiro atoms. The van der Waals surface area contributed by atoms with E-state index in [1.54, 1.807) is 19.1 Å². The second-order valence-corrected chi connectivity index (χ2v) is 5.96. The second-order valence-electron chi connectivity index (χ2n) is 4.15. The van der Waals surface area contributed by atoms with E-state index >= 15 is 0 Å². The Labute approximate surface area is 117 Å². The summed E-state index contributed by atoms with van der Waals surface area (Å²) in [5.41, 5.74) is 1.29. The summed E-state index contributed by atoms with van der Waals surface area (Å²) < 4.78 is 35.2. The Morgan fingerprint density at radius 3 is 2.65 bits per heavy atom. The molecule has 1 aliphatic rings. The first-order valence-electron chi connectivity index (χ1n) is 5.97. The number of esters is 1. The predicted octanol–water partition coefficient (Wildman–Crippen LogP) is 1.59. The normalized spacial score (nSPS) is 16.1. The average Bonchev–Trinajstić information content (AvgIpc) is 2.43. The molecule has 1 aromatic rings. The summed E-state index contributed by atoms with van der Waals surface area (Å²) in [6.07, 6.45) is 0. The van der Waals surface area contributed by atoms with Gasteiger partial charge in [-0.25, -0.2) is 13.2 Å². The molecular formula is C13H15NO5S. The molecule has 1 aliphatic heterocycles. The molecule has 0 radical (unpaired) electrons. The van der Waals surface area contributed by atoms with Crippen molar-refractivity contribution >= 4 is 27.4 Å². The lowest BCUT2D eigenvalue weighted by atomic mass is 10.1. The van der Waals surface area contributed by atoms with Gasteiger partial charge in [0.1, 0.15) is 5.76 Å². The van der Waals surface area contributed by atoms with Crippen LogP contribution in [0.3, 0.4) is 0 Å². The van der Waals surface area contributed by atoms with E-state index in [2.05, 4.69) is 4.74 Å². The van der Waals surface area contributed by atoms with Crippen LogP contribution in [0, 0.1) is 0 Å². The third-order valence-electron chi connectivity index (χ3n) is 2.96. The minimum Gasteiger partial charge on any atom is -0.492 e. The van der Waals surface area contributed by atoms with Gasteiger partial charge in [0.2, 0.25) is 0 Å². The van der Waals surface area contributed by atoms with Gasteiger partial charge in [-0.1, -0.05) is 0 Å².